The zero-order valence-electron chi connectivity index (χ0n) is 8.09. The minimum absolute atomic E-state index is 0.206. The minimum atomic E-state index is -3.65. The quantitative estimate of drug-likeness (QED) is 0.681. The molecular weight excluding hydrogens is 282 g/mol. The standard InChI is InChI=1S/C6H12ClNO4S3/c1-14(9,10)6-4-13-3-2-8(6)15(11,12)5-7/h6H,2-5H2,1H3. The third-order valence-electron chi connectivity index (χ3n) is 2.03. The molecule has 0 radical (unpaired) electrons. The van der Waals surface area contributed by atoms with Crippen LogP contribution in [0.3, 0.4) is 0 Å². The van der Waals surface area contributed by atoms with Crippen LogP contribution in [-0.4, -0.2) is 56.0 Å². The molecule has 1 atom stereocenters. The zero-order chi connectivity index (χ0) is 11.7. The first-order valence-electron chi connectivity index (χ1n) is 4.11. The summed E-state index contributed by atoms with van der Waals surface area (Å²) >= 11 is 6.74. The van der Waals surface area contributed by atoms with E-state index in [0.717, 1.165) is 10.6 Å². The van der Waals surface area contributed by atoms with Crippen LogP contribution < -0.4 is 0 Å². The summed E-state index contributed by atoms with van der Waals surface area (Å²) in [7, 11) is -7.05. The van der Waals surface area contributed by atoms with E-state index in [-0.39, 0.29) is 12.3 Å². The van der Waals surface area contributed by atoms with Gasteiger partial charge in [-0.2, -0.15) is 16.1 Å². The zero-order valence-corrected chi connectivity index (χ0v) is 11.3. The molecule has 90 valence electrons. The van der Waals surface area contributed by atoms with Gasteiger partial charge < -0.3 is 0 Å². The Labute approximate surface area is 99.1 Å². The maximum Gasteiger partial charge on any atom is 0.229 e. The first-order chi connectivity index (χ1) is 6.79. The van der Waals surface area contributed by atoms with Crippen molar-refractivity contribution in [1.29, 1.82) is 0 Å². The Morgan fingerprint density at radius 1 is 1.40 bits per heavy atom. The minimum Gasteiger partial charge on any atom is -0.227 e. The number of hydrogen-bond donors (Lipinski definition) is 0. The van der Waals surface area contributed by atoms with E-state index < -0.39 is 30.4 Å². The summed E-state index contributed by atoms with van der Waals surface area (Å²) in [6.45, 7) is 0.206. The van der Waals surface area contributed by atoms with Gasteiger partial charge in [-0.05, 0) is 0 Å². The topological polar surface area (TPSA) is 71.5 Å². The highest BCUT2D eigenvalue weighted by Crippen LogP contribution is 2.23. The number of rotatable bonds is 3. The Hall–Kier alpha value is 0.500. The maximum atomic E-state index is 11.5. The van der Waals surface area contributed by atoms with Gasteiger partial charge in [-0.15, -0.1) is 11.6 Å². The molecule has 0 amide bonds. The Morgan fingerprint density at radius 3 is 2.47 bits per heavy atom. The first kappa shape index (κ1) is 13.6. The van der Waals surface area contributed by atoms with Gasteiger partial charge in [-0.1, -0.05) is 0 Å². The molecule has 0 aromatic rings. The Bertz CT molecular complexity index is 418. The number of sulfonamides is 1. The molecule has 0 aromatic heterocycles. The van der Waals surface area contributed by atoms with Crippen LogP contribution in [-0.2, 0) is 19.9 Å². The van der Waals surface area contributed by atoms with Crippen LogP contribution in [0.1, 0.15) is 0 Å². The highest BCUT2D eigenvalue weighted by atomic mass is 35.5. The van der Waals surface area contributed by atoms with E-state index in [2.05, 4.69) is 0 Å². The molecule has 0 aromatic carbocycles. The fraction of sp³-hybridized carbons (Fsp3) is 1.00. The Balaban J connectivity index is 3.05. The second-order valence-electron chi connectivity index (χ2n) is 3.19. The lowest BCUT2D eigenvalue weighted by atomic mass is 10.6. The van der Waals surface area contributed by atoms with E-state index in [4.69, 9.17) is 11.6 Å². The van der Waals surface area contributed by atoms with Crippen LogP contribution in [0, 0.1) is 0 Å². The van der Waals surface area contributed by atoms with Crippen molar-refractivity contribution in [2.24, 2.45) is 0 Å². The van der Waals surface area contributed by atoms with E-state index in [9.17, 15) is 16.8 Å². The third kappa shape index (κ3) is 3.23. The molecule has 9 heteroatoms. The van der Waals surface area contributed by atoms with Gasteiger partial charge in [0.1, 0.15) is 10.6 Å². The van der Waals surface area contributed by atoms with Crippen molar-refractivity contribution in [3.8, 4) is 0 Å². The number of thioether (sulfide) groups is 1. The van der Waals surface area contributed by atoms with Crippen LogP contribution in [0.25, 0.3) is 0 Å². The summed E-state index contributed by atoms with van der Waals surface area (Å²) < 4.78 is 46.8. The van der Waals surface area contributed by atoms with Crippen LogP contribution in [0.5, 0.6) is 0 Å². The molecule has 1 unspecified atom stereocenters. The summed E-state index contributed by atoms with van der Waals surface area (Å²) in [6, 6.07) is 0. The highest BCUT2D eigenvalue weighted by Gasteiger charge is 2.37. The van der Waals surface area contributed by atoms with E-state index in [1.807, 2.05) is 0 Å². The number of hydrogen-bond acceptors (Lipinski definition) is 5. The van der Waals surface area contributed by atoms with E-state index >= 15 is 0 Å². The van der Waals surface area contributed by atoms with Gasteiger partial charge in [0.15, 0.2) is 9.84 Å². The van der Waals surface area contributed by atoms with Crippen LogP contribution in [0.15, 0.2) is 0 Å². The molecule has 1 heterocycles. The summed E-state index contributed by atoms with van der Waals surface area (Å²) in [5, 5.41) is -1.55. The highest BCUT2D eigenvalue weighted by molar-refractivity contribution is 8.01. The average molecular weight is 294 g/mol. The molecule has 15 heavy (non-hydrogen) atoms. The summed E-state index contributed by atoms with van der Waals surface area (Å²) in [5.41, 5.74) is 0. The van der Waals surface area contributed by atoms with Gasteiger partial charge in [0.05, 0.1) is 0 Å². The predicted octanol–water partition coefficient (Wildman–Crippen LogP) is -0.0680. The molecule has 0 bridgehead atoms. The second-order valence-corrected chi connectivity index (χ2v) is 9.05. The molecule has 5 nitrogen and oxygen atoms in total. The fourth-order valence-electron chi connectivity index (χ4n) is 1.28. The average Bonchev–Trinajstić information content (AvgIpc) is 2.16. The number of halogens is 1. The van der Waals surface area contributed by atoms with Crippen molar-refractivity contribution < 1.29 is 16.8 Å². The molecule has 1 fully saturated rings. The van der Waals surface area contributed by atoms with Crippen molar-refractivity contribution in [1.82, 2.24) is 4.31 Å². The van der Waals surface area contributed by atoms with Crippen molar-refractivity contribution >= 4 is 43.2 Å². The summed E-state index contributed by atoms with van der Waals surface area (Å²) in [4.78, 5) is 0. The molecule has 1 saturated heterocycles. The second kappa shape index (κ2) is 4.79. The molecule has 1 rings (SSSR count). The third-order valence-corrected chi connectivity index (χ3v) is 7.06. The van der Waals surface area contributed by atoms with E-state index in [1.54, 1.807) is 0 Å². The van der Waals surface area contributed by atoms with Gasteiger partial charge in [0, 0.05) is 24.3 Å². The van der Waals surface area contributed by atoms with Crippen molar-refractivity contribution in [3.05, 3.63) is 0 Å². The van der Waals surface area contributed by atoms with Crippen molar-refractivity contribution in [3.63, 3.8) is 0 Å². The molecule has 0 saturated carbocycles. The van der Waals surface area contributed by atoms with Gasteiger partial charge in [0.2, 0.25) is 10.0 Å². The molecule has 0 spiro atoms. The molecule has 1 aliphatic rings. The Kier molecular flexibility index (Phi) is 4.33. The smallest absolute Gasteiger partial charge is 0.227 e. The van der Waals surface area contributed by atoms with Gasteiger partial charge in [-0.3, -0.25) is 0 Å². The lowest BCUT2D eigenvalue weighted by molar-refractivity contribution is 0.407. The monoisotopic (exact) mass is 293 g/mol. The van der Waals surface area contributed by atoms with Crippen LogP contribution in [0.2, 0.25) is 0 Å². The SMILES string of the molecule is CS(=O)(=O)C1CSCCN1S(=O)(=O)CCl. The van der Waals surface area contributed by atoms with Crippen LogP contribution in [0.4, 0.5) is 0 Å². The molecule has 1 aliphatic heterocycles. The summed E-state index contributed by atoms with van der Waals surface area (Å²) in [6.07, 6.45) is 1.04. The first-order valence-corrected chi connectivity index (χ1v) is 9.36. The molecule has 0 N–H and O–H groups in total. The predicted molar refractivity (Wildman–Crippen MR) is 62.3 cm³/mol. The van der Waals surface area contributed by atoms with Gasteiger partial charge in [-0.25, -0.2) is 16.8 Å². The van der Waals surface area contributed by atoms with Crippen molar-refractivity contribution in [2.45, 2.75) is 5.37 Å². The normalized spacial score (nSPS) is 25.3. The number of nitrogens with zero attached hydrogens (tertiary/aromatic N) is 1. The maximum absolute atomic E-state index is 11.5. The molecule has 0 aliphatic carbocycles. The van der Waals surface area contributed by atoms with Gasteiger partial charge >= 0.3 is 0 Å². The van der Waals surface area contributed by atoms with E-state index in [0.29, 0.717) is 5.75 Å². The van der Waals surface area contributed by atoms with E-state index in [1.165, 1.54) is 11.8 Å². The van der Waals surface area contributed by atoms with Crippen molar-refractivity contribution in [2.75, 3.05) is 29.5 Å². The number of sulfone groups is 1. The van der Waals surface area contributed by atoms with Gasteiger partial charge in [0.25, 0.3) is 0 Å². The number of alkyl halides is 1. The lowest BCUT2D eigenvalue weighted by Crippen LogP contribution is -2.50. The van der Waals surface area contributed by atoms with Crippen LogP contribution >= 0.6 is 23.4 Å². The largest absolute Gasteiger partial charge is 0.229 e. The summed E-state index contributed by atoms with van der Waals surface area (Å²) in [5.74, 6) is 0.872. The lowest BCUT2D eigenvalue weighted by Gasteiger charge is -2.32. The fourth-order valence-corrected chi connectivity index (χ4v) is 6.34. The molecular formula is C6H12ClNO4S3. The Morgan fingerprint density at radius 2 is 2.00 bits per heavy atom.